The number of aromatic nitrogens is 1. The van der Waals surface area contributed by atoms with Gasteiger partial charge in [-0.15, -0.1) is 0 Å². The molecule has 0 radical (unpaired) electrons. The van der Waals surface area contributed by atoms with Crippen molar-refractivity contribution in [1.82, 2.24) is 4.98 Å². The third-order valence-corrected chi connectivity index (χ3v) is 8.29. The number of halogens is 4. The Labute approximate surface area is 215 Å². The number of hydrogen-bond acceptors (Lipinski definition) is 5. The number of furan rings is 1. The van der Waals surface area contributed by atoms with Crippen LogP contribution in [0, 0.1) is 11.2 Å². The fraction of sp³-hybridized carbons (Fsp3) is 0.462. The van der Waals surface area contributed by atoms with E-state index < -0.39 is 17.6 Å². The first-order chi connectivity index (χ1) is 17.2. The van der Waals surface area contributed by atoms with Crippen LogP contribution in [0.15, 0.2) is 39.4 Å². The van der Waals surface area contributed by atoms with Gasteiger partial charge >= 0.3 is 0 Å². The number of benzene rings is 1. The number of piperidine rings is 2. The van der Waals surface area contributed by atoms with Gasteiger partial charge in [-0.1, -0.05) is 15.9 Å². The topological polar surface area (TPSA) is 61.6 Å². The van der Waals surface area contributed by atoms with Gasteiger partial charge in [0.15, 0.2) is 11.4 Å². The van der Waals surface area contributed by atoms with Crippen molar-refractivity contribution >= 4 is 50.1 Å². The molecular formula is C26H26BrF3N4O2. The highest BCUT2D eigenvalue weighted by Gasteiger charge is 2.45. The molecule has 3 aromatic rings. The summed E-state index contributed by atoms with van der Waals surface area (Å²) in [6, 6.07) is 6.44. The number of carbonyl (C=O) groups excluding carboxylic acids is 1. The van der Waals surface area contributed by atoms with E-state index in [0.717, 1.165) is 25.9 Å². The second kappa shape index (κ2) is 8.68. The highest BCUT2D eigenvalue weighted by atomic mass is 79.9. The number of fused-ring (bicyclic) bond motifs is 1. The average molecular weight is 563 g/mol. The summed E-state index contributed by atoms with van der Waals surface area (Å²) in [7, 11) is 0. The van der Waals surface area contributed by atoms with E-state index in [2.05, 4.69) is 31.1 Å². The van der Waals surface area contributed by atoms with Gasteiger partial charge in [-0.2, -0.15) is 0 Å². The first kappa shape index (κ1) is 23.6. The van der Waals surface area contributed by atoms with Crippen molar-refractivity contribution in [1.29, 1.82) is 0 Å². The van der Waals surface area contributed by atoms with Crippen LogP contribution in [-0.4, -0.2) is 43.0 Å². The fourth-order valence-corrected chi connectivity index (χ4v) is 5.81. The lowest BCUT2D eigenvalue weighted by Crippen LogP contribution is -2.39. The van der Waals surface area contributed by atoms with Gasteiger partial charge in [-0.25, -0.2) is 18.2 Å². The first-order valence-electron chi connectivity index (χ1n) is 12.3. The van der Waals surface area contributed by atoms with E-state index in [9.17, 15) is 13.6 Å². The van der Waals surface area contributed by atoms with E-state index in [4.69, 9.17) is 4.42 Å². The molecule has 1 N–H and O–H groups in total. The number of amides is 1. The Bertz CT molecular complexity index is 1320. The Morgan fingerprint density at radius 3 is 2.39 bits per heavy atom. The van der Waals surface area contributed by atoms with Crippen molar-refractivity contribution in [3.8, 4) is 0 Å². The number of alkyl halides is 2. The molecule has 2 saturated heterocycles. The molecule has 0 bridgehead atoms. The minimum atomic E-state index is -2.70. The van der Waals surface area contributed by atoms with Crippen molar-refractivity contribution in [2.75, 3.05) is 41.3 Å². The second-order valence-electron chi connectivity index (χ2n) is 10.2. The third-order valence-electron chi connectivity index (χ3n) is 7.84. The smallest absolute Gasteiger partial charge is 0.261 e. The summed E-state index contributed by atoms with van der Waals surface area (Å²) >= 11 is 3.37. The predicted molar refractivity (Wildman–Crippen MR) is 136 cm³/mol. The minimum absolute atomic E-state index is 0.0294. The SMILES string of the molecule is O=C(Nc1cc2ccoc2c(N2CCC(F)(F)CC2)n1)c1c(F)cc(Br)cc1N1CCC2(CC1)CC2. The number of hydrogen-bond donors (Lipinski definition) is 1. The molecule has 2 aromatic heterocycles. The highest BCUT2D eigenvalue weighted by molar-refractivity contribution is 9.10. The molecule has 0 unspecified atom stereocenters. The zero-order valence-corrected chi connectivity index (χ0v) is 21.2. The summed E-state index contributed by atoms with van der Waals surface area (Å²) in [4.78, 5) is 21.8. The quantitative estimate of drug-likeness (QED) is 0.388. The molecule has 1 aromatic carbocycles. The maximum atomic E-state index is 15.2. The molecule has 1 amide bonds. The van der Waals surface area contributed by atoms with Crippen molar-refractivity contribution < 1.29 is 22.4 Å². The van der Waals surface area contributed by atoms with Crippen LogP contribution in [0.1, 0.15) is 48.9 Å². The number of nitrogens with zero attached hydrogens (tertiary/aromatic N) is 3. The maximum Gasteiger partial charge on any atom is 0.261 e. The van der Waals surface area contributed by atoms with Crippen LogP contribution >= 0.6 is 15.9 Å². The normalized spacial score (nSPS) is 20.7. The number of carbonyl (C=O) groups is 1. The van der Waals surface area contributed by atoms with Crippen LogP contribution in [0.5, 0.6) is 0 Å². The highest BCUT2D eigenvalue weighted by Crippen LogP contribution is 2.54. The minimum Gasteiger partial charge on any atom is -0.460 e. The summed E-state index contributed by atoms with van der Waals surface area (Å²) in [5.74, 6) is -3.32. The zero-order valence-electron chi connectivity index (χ0n) is 19.6. The molecule has 6 nitrogen and oxygen atoms in total. The number of pyridine rings is 1. The van der Waals surface area contributed by atoms with Crippen LogP contribution in [0.25, 0.3) is 11.0 Å². The zero-order chi connectivity index (χ0) is 25.1. The van der Waals surface area contributed by atoms with Gasteiger partial charge in [0.1, 0.15) is 11.6 Å². The van der Waals surface area contributed by atoms with E-state index in [0.29, 0.717) is 32.4 Å². The third kappa shape index (κ3) is 4.44. The molecule has 190 valence electrons. The van der Waals surface area contributed by atoms with Crippen LogP contribution in [-0.2, 0) is 0 Å². The predicted octanol–water partition coefficient (Wildman–Crippen LogP) is 6.60. The molecule has 4 heterocycles. The second-order valence-corrected chi connectivity index (χ2v) is 11.2. The molecule has 6 rings (SSSR count). The van der Waals surface area contributed by atoms with Gasteiger partial charge in [0.25, 0.3) is 11.8 Å². The Morgan fingerprint density at radius 2 is 1.69 bits per heavy atom. The molecule has 1 aliphatic carbocycles. The van der Waals surface area contributed by atoms with E-state index in [-0.39, 0.29) is 37.3 Å². The lowest BCUT2D eigenvalue weighted by molar-refractivity contribution is -0.0221. The van der Waals surface area contributed by atoms with E-state index in [1.807, 2.05) is 0 Å². The molecule has 3 aliphatic rings. The van der Waals surface area contributed by atoms with Gasteiger partial charge in [-0.3, -0.25) is 4.79 Å². The Kier molecular flexibility index (Phi) is 5.70. The average Bonchev–Trinajstić information content (AvgIpc) is 3.40. The van der Waals surface area contributed by atoms with Gasteiger partial charge in [0.2, 0.25) is 0 Å². The maximum absolute atomic E-state index is 15.2. The summed E-state index contributed by atoms with van der Waals surface area (Å²) in [5, 5.41) is 3.43. The van der Waals surface area contributed by atoms with Gasteiger partial charge in [0.05, 0.1) is 17.5 Å². The van der Waals surface area contributed by atoms with Crippen molar-refractivity contribution in [3.63, 3.8) is 0 Å². The van der Waals surface area contributed by atoms with Crippen LogP contribution < -0.4 is 15.1 Å². The van der Waals surface area contributed by atoms with E-state index in [1.165, 1.54) is 25.2 Å². The standard InChI is InChI=1S/C26H26BrF3N4O2/c27-17-14-18(28)21(19(15-17)33-8-4-25(2-3-25)5-9-33)24(35)32-20-13-16-1-12-36-22(16)23(31-20)34-10-6-26(29,30)7-11-34/h1,12-15H,2-11H2,(H,31,32,35). The molecule has 1 spiro atoms. The summed E-state index contributed by atoms with van der Waals surface area (Å²) < 4.78 is 48.8. The molecule has 10 heteroatoms. The van der Waals surface area contributed by atoms with Crippen LogP contribution in [0.3, 0.4) is 0 Å². The summed E-state index contributed by atoms with van der Waals surface area (Å²) in [6.45, 7) is 1.79. The Hall–Kier alpha value is -2.75. The lowest BCUT2D eigenvalue weighted by Gasteiger charge is -2.35. The fourth-order valence-electron chi connectivity index (χ4n) is 5.39. The van der Waals surface area contributed by atoms with E-state index >= 15 is 4.39 Å². The van der Waals surface area contributed by atoms with Gasteiger partial charge in [0, 0.05) is 48.9 Å². The summed E-state index contributed by atoms with van der Waals surface area (Å²) in [6.07, 6.45) is 5.52. The monoisotopic (exact) mass is 562 g/mol. The largest absolute Gasteiger partial charge is 0.460 e. The Balaban J connectivity index is 1.30. The molecule has 0 atom stereocenters. The van der Waals surface area contributed by atoms with Crippen molar-refractivity contribution in [3.05, 3.63) is 46.4 Å². The molecule has 36 heavy (non-hydrogen) atoms. The van der Waals surface area contributed by atoms with Crippen molar-refractivity contribution in [2.45, 2.75) is 44.4 Å². The van der Waals surface area contributed by atoms with E-state index in [1.54, 1.807) is 23.1 Å². The Morgan fingerprint density at radius 1 is 1.00 bits per heavy atom. The number of anilines is 3. The molecule has 3 fully saturated rings. The van der Waals surface area contributed by atoms with Gasteiger partial charge < -0.3 is 19.5 Å². The lowest BCUT2D eigenvalue weighted by atomic mass is 9.93. The molecule has 1 saturated carbocycles. The number of nitrogens with one attached hydrogen (secondary N) is 1. The summed E-state index contributed by atoms with van der Waals surface area (Å²) in [5.41, 5.74) is 1.44. The van der Waals surface area contributed by atoms with Gasteiger partial charge in [-0.05, 0) is 55.4 Å². The van der Waals surface area contributed by atoms with Crippen molar-refractivity contribution in [2.24, 2.45) is 5.41 Å². The molecule has 2 aliphatic heterocycles. The molecular weight excluding hydrogens is 537 g/mol. The van der Waals surface area contributed by atoms with Crippen LogP contribution in [0.4, 0.5) is 30.5 Å². The van der Waals surface area contributed by atoms with Crippen LogP contribution in [0.2, 0.25) is 0 Å². The number of rotatable bonds is 4. The first-order valence-corrected chi connectivity index (χ1v) is 13.1.